The van der Waals surface area contributed by atoms with Crippen LogP contribution in [0.25, 0.3) is 22.8 Å². The molecule has 0 unspecified atom stereocenters. The first kappa shape index (κ1) is 25.0. The molecule has 0 amide bonds. The summed E-state index contributed by atoms with van der Waals surface area (Å²) in [4.78, 5) is 33.6. The summed E-state index contributed by atoms with van der Waals surface area (Å²) in [6.45, 7) is 3.06. The van der Waals surface area contributed by atoms with Gasteiger partial charge in [-0.25, -0.2) is 19.7 Å². The van der Waals surface area contributed by atoms with E-state index in [0.29, 0.717) is 29.2 Å². The first-order chi connectivity index (χ1) is 19.5. The molecule has 10 heteroatoms. The van der Waals surface area contributed by atoms with Gasteiger partial charge < -0.3 is 9.88 Å². The number of rotatable bonds is 8. The molecule has 1 atom stereocenters. The highest BCUT2D eigenvalue weighted by Gasteiger charge is 2.50. The summed E-state index contributed by atoms with van der Waals surface area (Å²) in [7, 11) is 0. The van der Waals surface area contributed by atoms with Gasteiger partial charge in [-0.2, -0.15) is 0 Å². The monoisotopic (exact) mass is 538 g/mol. The number of hydrogen-bond donors (Lipinski definition) is 2. The molecule has 3 aliphatic carbocycles. The fraction of sp³-hybridized carbons (Fsp3) is 0.533. The first-order valence-corrected chi connectivity index (χ1v) is 14.5. The molecule has 0 aromatic carbocycles. The van der Waals surface area contributed by atoms with Crippen LogP contribution in [0.4, 0.5) is 5.82 Å². The second-order valence-corrected chi connectivity index (χ2v) is 11.9. The Kier molecular flexibility index (Phi) is 6.17. The van der Waals surface area contributed by atoms with Crippen LogP contribution < -0.4 is 11.1 Å². The van der Waals surface area contributed by atoms with Crippen LogP contribution in [0.2, 0.25) is 0 Å². The minimum absolute atomic E-state index is 0.182. The minimum atomic E-state index is -0.639. The normalized spacial score (nSPS) is 22.9. The molecular weight excluding hydrogens is 504 g/mol. The fourth-order valence-electron chi connectivity index (χ4n) is 6.59. The molecule has 0 spiro atoms. The zero-order chi connectivity index (χ0) is 27.3. The highest BCUT2D eigenvalue weighted by atomic mass is 16.5. The SMILES string of the molecule is C#CC1CCC(Cn2c(C3(c4ccncc4)CC3)nc3nc(-c4noc(=O)[nH]4)nc(N[C@H](C)C4CCC4)c32)CC1. The molecule has 3 fully saturated rings. The molecule has 206 valence electrons. The smallest absolute Gasteiger partial charge is 0.365 e. The number of terminal acetylenes is 1. The van der Waals surface area contributed by atoms with Crippen molar-refractivity contribution in [1.82, 2.24) is 34.6 Å². The number of nitrogens with zero attached hydrogens (tertiary/aromatic N) is 6. The number of aromatic nitrogens is 7. The zero-order valence-electron chi connectivity index (χ0n) is 22.8. The number of hydrogen-bond acceptors (Lipinski definition) is 8. The van der Waals surface area contributed by atoms with Crippen molar-refractivity contribution in [1.29, 1.82) is 0 Å². The predicted molar refractivity (Wildman–Crippen MR) is 150 cm³/mol. The number of pyridine rings is 1. The average molecular weight is 539 g/mol. The van der Waals surface area contributed by atoms with Gasteiger partial charge in [-0.1, -0.05) is 11.6 Å². The minimum Gasteiger partial charge on any atom is -0.365 e. The third kappa shape index (κ3) is 4.37. The van der Waals surface area contributed by atoms with E-state index >= 15 is 0 Å². The van der Waals surface area contributed by atoms with Gasteiger partial charge in [-0.05, 0) is 87.8 Å². The third-order valence-corrected chi connectivity index (χ3v) is 9.41. The van der Waals surface area contributed by atoms with E-state index in [0.717, 1.165) is 62.2 Å². The molecule has 40 heavy (non-hydrogen) atoms. The van der Waals surface area contributed by atoms with Gasteiger partial charge in [0.1, 0.15) is 11.3 Å². The summed E-state index contributed by atoms with van der Waals surface area (Å²) in [6, 6.07) is 4.44. The molecule has 0 bridgehead atoms. The number of anilines is 1. The van der Waals surface area contributed by atoms with Crippen molar-refractivity contribution < 1.29 is 4.52 Å². The van der Waals surface area contributed by atoms with Crippen LogP contribution in [0.5, 0.6) is 0 Å². The van der Waals surface area contributed by atoms with Crippen LogP contribution in [-0.4, -0.2) is 40.7 Å². The summed E-state index contributed by atoms with van der Waals surface area (Å²) in [5, 5.41) is 7.59. The van der Waals surface area contributed by atoms with E-state index in [1.54, 1.807) is 0 Å². The van der Waals surface area contributed by atoms with Gasteiger partial charge in [0.2, 0.25) is 11.6 Å². The van der Waals surface area contributed by atoms with E-state index in [1.165, 1.54) is 24.8 Å². The maximum Gasteiger partial charge on any atom is 0.439 e. The quantitative estimate of drug-likeness (QED) is 0.310. The number of H-pyrrole nitrogens is 1. The van der Waals surface area contributed by atoms with Gasteiger partial charge in [-0.3, -0.25) is 14.5 Å². The molecular formula is C30H34N8O2. The van der Waals surface area contributed by atoms with Crippen molar-refractivity contribution in [3.05, 3.63) is 46.5 Å². The summed E-state index contributed by atoms with van der Waals surface area (Å²) in [5.41, 5.74) is 2.56. The van der Waals surface area contributed by atoms with E-state index in [1.807, 2.05) is 12.4 Å². The van der Waals surface area contributed by atoms with Crippen molar-refractivity contribution in [3.63, 3.8) is 0 Å². The Morgan fingerprint density at radius 3 is 2.55 bits per heavy atom. The second kappa shape index (κ2) is 9.88. The Morgan fingerprint density at radius 2 is 1.93 bits per heavy atom. The molecule has 3 saturated carbocycles. The summed E-state index contributed by atoms with van der Waals surface area (Å²) >= 11 is 0. The standard InChI is InChI=1S/C30H34N8O2/c1-3-19-7-9-20(10-8-19)17-38-23-24(32-18(2)21-5-4-6-21)33-26(27-36-29(39)40-37-27)34-25(23)35-28(38)30(13-14-30)22-11-15-31-16-12-22/h1,11-12,15-16,18-21H,4-10,13-14,17H2,2H3,(H,32,33,34)(H,36,37,39)/t18-,19?,20?/m1/s1. The Morgan fingerprint density at radius 1 is 1.15 bits per heavy atom. The summed E-state index contributed by atoms with van der Waals surface area (Å²) in [6.07, 6.45) is 19.5. The van der Waals surface area contributed by atoms with E-state index in [2.05, 4.69) is 50.0 Å². The van der Waals surface area contributed by atoms with Gasteiger partial charge >= 0.3 is 5.76 Å². The molecule has 0 saturated heterocycles. The van der Waals surface area contributed by atoms with Crippen LogP contribution >= 0.6 is 0 Å². The van der Waals surface area contributed by atoms with E-state index in [9.17, 15) is 4.79 Å². The van der Waals surface area contributed by atoms with Crippen molar-refractivity contribution >= 4 is 17.0 Å². The van der Waals surface area contributed by atoms with Crippen LogP contribution in [0.3, 0.4) is 0 Å². The third-order valence-electron chi connectivity index (χ3n) is 9.41. The van der Waals surface area contributed by atoms with Gasteiger partial charge in [0, 0.05) is 30.9 Å². The Bertz CT molecular complexity index is 1610. The number of nitrogens with one attached hydrogen (secondary N) is 2. The second-order valence-electron chi connectivity index (χ2n) is 11.9. The maximum absolute atomic E-state index is 11.8. The van der Waals surface area contributed by atoms with Crippen LogP contribution in [0, 0.1) is 30.1 Å². The molecule has 4 heterocycles. The molecule has 7 rings (SSSR count). The lowest BCUT2D eigenvalue weighted by Crippen LogP contribution is -2.31. The first-order valence-electron chi connectivity index (χ1n) is 14.5. The van der Waals surface area contributed by atoms with Crippen molar-refractivity contribution in [3.8, 4) is 24.0 Å². The predicted octanol–water partition coefficient (Wildman–Crippen LogP) is 4.68. The van der Waals surface area contributed by atoms with Crippen molar-refractivity contribution in [2.75, 3.05) is 5.32 Å². The zero-order valence-corrected chi connectivity index (χ0v) is 22.8. The van der Waals surface area contributed by atoms with Crippen molar-refractivity contribution in [2.45, 2.75) is 82.7 Å². The topological polar surface area (TPSA) is 127 Å². The number of aromatic amines is 1. The molecule has 3 aliphatic rings. The lowest BCUT2D eigenvalue weighted by molar-refractivity contribution is 0.283. The highest BCUT2D eigenvalue weighted by Crippen LogP contribution is 2.54. The lowest BCUT2D eigenvalue weighted by atomic mass is 9.80. The lowest BCUT2D eigenvalue weighted by Gasteiger charge is -2.32. The fourth-order valence-corrected chi connectivity index (χ4v) is 6.59. The Labute approximate surface area is 232 Å². The molecule has 2 N–H and O–H groups in total. The van der Waals surface area contributed by atoms with Crippen LogP contribution in [0.15, 0.2) is 33.8 Å². The Hall–Kier alpha value is -4.00. The molecule has 0 aliphatic heterocycles. The summed E-state index contributed by atoms with van der Waals surface area (Å²) < 4.78 is 7.16. The molecule has 4 aromatic heterocycles. The molecule has 0 radical (unpaired) electrons. The number of fused-ring (bicyclic) bond motifs is 1. The van der Waals surface area contributed by atoms with Gasteiger partial charge in [0.05, 0.1) is 5.41 Å². The molecule has 10 nitrogen and oxygen atoms in total. The highest BCUT2D eigenvalue weighted by molar-refractivity contribution is 5.86. The number of imidazole rings is 1. The van der Waals surface area contributed by atoms with Gasteiger partial charge in [0.25, 0.3) is 0 Å². The molecule has 4 aromatic rings. The average Bonchev–Trinajstić information content (AvgIpc) is 3.50. The van der Waals surface area contributed by atoms with Gasteiger partial charge in [0.15, 0.2) is 11.5 Å². The largest absolute Gasteiger partial charge is 0.439 e. The van der Waals surface area contributed by atoms with E-state index < -0.39 is 5.76 Å². The van der Waals surface area contributed by atoms with Crippen LogP contribution in [0.1, 0.15) is 76.1 Å². The van der Waals surface area contributed by atoms with E-state index in [4.69, 9.17) is 25.9 Å². The maximum atomic E-state index is 11.8. The Balaban J connectivity index is 1.39. The van der Waals surface area contributed by atoms with E-state index in [-0.39, 0.29) is 17.3 Å². The van der Waals surface area contributed by atoms with Crippen LogP contribution in [-0.2, 0) is 12.0 Å². The summed E-state index contributed by atoms with van der Waals surface area (Å²) in [5.74, 6) is 6.03. The van der Waals surface area contributed by atoms with Crippen molar-refractivity contribution in [2.24, 2.45) is 17.8 Å². The van der Waals surface area contributed by atoms with Gasteiger partial charge in [-0.15, -0.1) is 12.3 Å².